The molecule has 0 unspecified atom stereocenters. The number of fused-ring (bicyclic) bond motifs is 4. The molecule has 1 N–H and O–H groups in total. The summed E-state index contributed by atoms with van der Waals surface area (Å²) >= 11 is 1.69. The topological polar surface area (TPSA) is 51.9 Å². The lowest BCUT2D eigenvalue weighted by Crippen LogP contribution is -1.99. The Morgan fingerprint density at radius 2 is 1.96 bits per heavy atom. The average molecular weight is 355 g/mol. The number of nitriles is 1. The molecule has 2 heterocycles. The van der Waals surface area contributed by atoms with Crippen molar-refractivity contribution in [2.45, 2.75) is 25.7 Å². The van der Waals surface area contributed by atoms with Crippen molar-refractivity contribution in [3.8, 4) is 6.07 Å². The van der Waals surface area contributed by atoms with Gasteiger partial charge in [-0.1, -0.05) is 36.4 Å². The Morgan fingerprint density at radius 1 is 1.08 bits per heavy atom. The molecule has 4 aromatic rings. The molecule has 0 saturated carbocycles. The first-order valence-electron chi connectivity index (χ1n) is 8.92. The number of thiophene rings is 1. The second-order valence-corrected chi connectivity index (χ2v) is 7.80. The van der Waals surface area contributed by atoms with Crippen molar-refractivity contribution in [3.05, 3.63) is 64.2 Å². The van der Waals surface area contributed by atoms with Gasteiger partial charge in [-0.15, -0.1) is 11.3 Å². The second-order valence-electron chi connectivity index (χ2n) is 6.71. The van der Waals surface area contributed by atoms with E-state index in [1.165, 1.54) is 34.1 Å². The lowest BCUT2D eigenvalue weighted by atomic mass is 9.96. The van der Waals surface area contributed by atoms with Gasteiger partial charge in [-0.3, -0.25) is 0 Å². The largest absolute Gasteiger partial charge is 0.360 e. The number of benzene rings is 2. The summed E-state index contributed by atoms with van der Waals surface area (Å²) in [6.07, 6.45) is 8.40. The number of aryl methyl sites for hydroxylation is 1. The molecule has 1 aliphatic carbocycles. The third-order valence-electron chi connectivity index (χ3n) is 5.20. The van der Waals surface area contributed by atoms with Gasteiger partial charge < -0.3 is 4.98 Å². The molecule has 3 nitrogen and oxygen atoms in total. The fourth-order valence-corrected chi connectivity index (χ4v) is 5.07. The molecule has 2 aromatic heterocycles. The SMILES string of the molecule is N#Cc1c(N=Cc2c[nH]c3c2ccc2ccccc23)sc2c1CCCC2. The quantitative estimate of drug-likeness (QED) is 0.448. The summed E-state index contributed by atoms with van der Waals surface area (Å²) in [4.78, 5) is 9.45. The standard InChI is InChI=1S/C22H17N3S/c23-11-19-18-7-3-4-8-20(18)26-22(19)25-13-15-12-24-21-16-6-2-1-5-14(16)9-10-17(15)21/h1-2,5-6,9-10,12-13,24H,3-4,7-8H2. The first-order chi connectivity index (χ1) is 12.8. The number of aromatic nitrogens is 1. The molecule has 0 aliphatic heterocycles. The number of hydrogen-bond donors (Lipinski definition) is 1. The monoisotopic (exact) mass is 355 g/mol. The number of aromatic amines is 1. The van der Waals surface area contributed by atoms with Crippen molar-refractivity contribution in [2.24, 2.45) is 4.99 Å². The fourth-order valence-electron chi connectivity index (χ4n) is 3.89. The summed E-state index contributed by atoms with van der Waals surface area (Å²) in [6, 6.07) is 15.0. The minimum absolute atomic E-state index is 0.784. The van der Waals surface area contributed by atoms with E-state index in [9.17, 15) is 5.26 Å². The van der Waals surface area contributed by atoms with Crippen molar-refractivity contribution >= 4 is 44.2 Å². The van der Waals surface area contributed by atoms with Crippen LogP contribution in [0.5, 0.6) is 0 Å². The van der Waals surface area contributed by atoms with Crippen LogP contribution in [0.3, 0.4) is 0 Å². The Balaban J connectivity index is 1.59. The van der Waals surface area contributed by atoms with Gasteiger partial charge in [0.1, 0.15) is 11.1 Å². The zero-order valence-corrected chi connectivity index (χ0v) is 15.1. The lowest BCUT2D eigenvalue weighted by molar-refractivity contribution is 0.696. The third kappa shape index (κ3) is 2.36. The van der Waals surface area contributed by atoms with Gasteiger partial charge in [0.05, 0.1) is 11.1 Å². The maximum absolute atomic E-state index is 9.59. The highest BCUT2D eigenvalue weighted by atomic mass is 32.1. The Kier molecular flexibility index (Phi) is 3.62. The van der Waals surface area contributed by atoms with Crippen LogP contribution in [0.2, 0.25) is 0 Å². The summed E-state index contributed by atoms with van der Waals surface area (Å²) in [5, 5.41) is 14.0. The van der Waals surface area contributed by atoms with Gasteiger partial charge in [0.25, 0.3) is 0 Å². The van der Waals surface area contributed by atoms with Gasteiger partial charge in [0.15, 0.2) is 0 Å². The summed E-state index contributed by atoms with van der Waals surface area (Å²) in [5.41, 5.74) is 4.21. The van der Waals surface area contributed by atoms with E-state index in [2.05, 4.69) is 47.5 Å². The molecule has 126 valence electrons. The van der Waals surface area contributed by atoms with E-state index in [0.29, 0.717) is 0 Å². The van der Waals surface area contributed by atoms with Crippen LogP contribution >= 0.6 is 11.3 Å². The van der Waals surface area contributed by atoms with Crippen LogP contribution in [-0.4, -0.2) is 11.2 Å². The molecule has 1 aliphatic rings. The van der Waals surface area contributed by atoms with Gasteiger partial charge in [0, 0.05) is 33.6 Å². The number of aliphatic imine (C=N–C) groups is 1. The Hall–Kier alpha value is -2.90. The molecular weight excluding hydrogens is 338 g/mol. The van der Waals surface area contributed by atoms with E-state index in [4.69, 9.17) is 4.99 Å². The van der Waals surface area contributed by atoms with Crippen LogP contribution in [-0.2, 0) is 12.8 Å². The first-order valence-corrected chi connectivity index (χ1v) is 9.74. The maximum Gasteiger partial charge on any atom is 0.134 e. The molecular formula is C22H17N3S. The number of rotatable bonds is 2. The molecule has 5 rings (SSSR count). The van der Waals surface area contributed by atoms with Crippen molar-refractivity contribution in [2.75, 3.05) is 0 Å². The molecule has 0 fully saturated rings. The highest BCUT2D eigenvalue weighted by molar-refractivity contribution is 7.16. The molecule has 0 amide bonds. The normalized spacial score (nSPS) is 14.1. The van der Waals surface area contributed by atoms with Gasteiger partial charge >= 0.3 is 0 Å². The Labute approximate surface area is 155 Å². The molecule has 4 heteroatoms. The minimum Gasteiger partial charge on any atom is -0.360 e. The van der Waals surface area contributed by atoms with E-state index in [1.54, 1.807) is 11.3 Å². The summed E-state index contributed by atoms with van der Waals surface area (Å²) in [7, 11) is 0. The van der Waals surface area contributed by atoms with E-state index >= 15 is 0 Å². The van der Waals surface area contributed by atoms with Crippen LogP contribution in [0.25, 0.3) is 21.7 Å². The van der Waals surface area contributed by atoms with Crippen LogP contribution < -0.4 is 0 Å². The van der Waals surface area contributed by atoms with Crippen molar-refractivity contribution in [1.82, 2.24) is 4.98 Å². The van der Waals surface area contributed by atoms with E-state index in [-0.39, 0.29) is 0 Å². The first kappa shape index (κ1) is 15.4. The predicted octanol–water partition coefficient (Wildman–Crippen LogP) is 5.88. The Morgan fingerprint density at radius 3 is 2.88 bits per heavy atom. The number of H-pyrrole nitrogens is 1. The maximum atomic E-state index is 9.59. The molecule has 26 heavy (non-hydrogen) atoms. The summed E-state index contributed by atoms with van der Waals surface area (Å²) in [6.45, 7) is 0. The lowest BCUT2D eigenvalue weighted by Gasteiger charge is -2.09. The minimum atomic E-state index is 0.784. The van der Waals surface area contributed by atoms with Gasteiger partial charge in [-0.25, -0.2) is 4.99 Å². The zero-order valence-electron chi connectivity index (χ0n) is 14.2. The van der Waals surface area contributed by atoms with Crippen LogP contribution in [0, 0.1) is 11.3 Å². The van der Waals surface area contributed by atoms with Crippen LogP contribution in [0.1, 0.15) is 34.4 Å². The molecule has 0 bridgehead atoms. The highest BCUT2D eigenvalue weighted by Crippen LogP contribution is 2.39. The number of nitrogens with one attached hydrogen (secondary N) is 1. The number of hydrogen-bond acceptors (Lipinski definition) is 3. The molecule has 2 aromatic carbocycles. The fraction of sp³-hybridized carbons (Fsp3) is 0.182. The van der Waals surface area contributed by atoms with Crippen molar-refractivity contribution in [1.29, 1.82) is 5.26 Å². The van der Waals surface area contributed by atoms with Crippen molar-refractivity contribution in [3.63, 3.8) is 0 Å². The van der Waals surface area contributed by atoms with Gasteiger partial charge in [-0.2, -0.15) is 5.26 Å². The average Bonchev–Trinajstić information content (AvgIpc) is 3.27. The van der Waals surface area contributed by atoms with E-state index < -0.39 is 0 Å². The molecule has 0 spiro atoms. The highest BCUT2D eigenvalue weighted by Gasteiger charge is 2.20. The second kappa shape index (κ2) is 6.12. The smallest absolute Gasteiger partial charge is 0.134 e. The molecule has 0 saturated heterocycles. The van der Waals surface area contributed by atoms with E-state index in [1.807, 2.05) is 12.4 Å². The number of nitrogens with zero attached hydrogens (tertiary/aromatic N) is 2. The zero-order chi connectivity index (χ0) is 17.5. The van der Waals surface area contributed by atoms with Crippen LogP contribution in [0.15, 0.2) is 47.6 Å². The predicted molar refractivity (Wildman–Crippen MR) is 109 cm³/mol. The van der Waals surface area contributed by atoms with Gasteiger partial charge in [0.2, 0.25) is 0 Å². The Bertz CT molecular complexity index is 1200. The van der Waals surface area contributed by atoms with Gasteiger partial charge in [-0.05, 0) is 36.6 Å². The summed E-state index contributed by atoms with van der Waals surface area (Å²) < 4.78 is 0. The van der Waals surface area contributed by atoms with E-state index in [0.717, 1.165) is 39.9 Å². The summed E-state index contributed by atoms with van der Waals surface area (Å²) in [5.74, 6) is 0. The van der Waals surface area contributed by atoms with Crippen LogP contribution in [0.4, 0.5) is 5.00 Å². The van der Waals surface area contributed by atoms with Crippen molar-refractivity contribution < 1.29 is 0 Å². The molecule has 0 radical (unpaired) electrons. The molecule has 0 atom stereocenters. The third-order valence-corrected chi connectivity index (χ3v) is 6.40.